The average Bonchev–Trinajstić information content (AvgIpc) is 3.25. The van der Waals surface area contributed by atoms with E-state index in [-0.39, 0.29) is 30.6 Å². The second-order valence-electron chi connectivity index (χ2n) is 6.27. The molecular weight excluding hydrogens is 330 g/mol. The summed E-state index contributed by atoms with van der Waals surface area (Å²) in [5, 5.41) is 3.67. The van der Waals surface area contributed by atoms with Crippen molar-refractivity contribution in [3.8, 4) is 0 Å². The van der Waals surface area contributed by atoms with E-state index < -0.39 is 0 Å². The van der Waals surface area contributed by atoms with Crippen molar-refractivity contribution in [1.82, 2.24) is 16.2 Å². The van der Waals surface area contributed by atoms with Crippen molar-refractivity contribution in [3.63, 3.8) is 0 Å². The van der Waals surface area contributed by atoms with E-state index in [1.165, 1.54) is 0 Å². The minimum atomic E-state index is -0.0882. The highest BCUT2D eigenvalue weighted by molar-refractivity contribution is 6.30. The normalized spacial score (nSPS) is 26.6. The molecule has 6 nitrogen and oxygen atoms in total. The summed E-state index contributed by atoms with van der Waals surface area (Å²) in [5.74, 6) is 0.183. The van der Waals surface area contributed by atoms with Crippen molar-refractivity contribution in [2.24, 2.45) is 5.92 Å². The highest BCUT2D eigenvalue weighted by atomic mass is 35.5. The van der Waals surface area contributed by atoms with Gasteiger partial charge in [-0.1, -0.05) is 23.7 Å². The highest BCUT2D eigenvalue weighted by Gasteiger charge is 2.28. The fourth-order valence-electron chi connectivity index (χ4n) is 3.11. The number of benzene rings is 1. The van der Waals surface area contributed by atoms with Crippen LogP contribution in [0.2, 0.25) is 5.02 Å². The second kappa shape index (κ2) is 8.78. The SMILES string of the molecule is O=C(COCC1CCCO1)NCC1CNNC1c1ccc(Cl)cc1. The van der Waals surface area contributed by atoms with E-state index in [1.807, 2.05) is 24.3 Å². The third-order valence-electron chi connectivity index (χ3n) is 4.44. The molecule has 0 spiro atoms. The van der Waals surface area contributed by atoms with Crippen LogP contribution in [0.4, 0.5) is 0 Å². The number of halogens is 1. The number of carbonyl (C=O) groups excluding carboxylic acids is 1. The Labute approximate surface area is 147 Å². The topological polar surface area (TPSA) is 71.6 Å². The van der Waals surface area contributed by atoms with Gasteiger partial charge in [0, 0.05) is 30.6 Å². The minimum absolute atomic E-state index is 0.0824. The molecule has 0 aliphatic carbocycles. The lowest BCUT2D eigenvalue weighted by atomic mass is 9.95. The third-order valence-corrected chi connectivity index (χ3v) is 4.70. The quantitative estimate of drug-likeness (QED) is 0.691. The fourth-order valence-corrected chi connectivity index (χ4v) is 3.23. The van der Waals surface area contributed by atoms with Gasteiger partial charge in [0.05, 0.1) is 18.8 Å². The Morgan fingerprint density at radius 3 is 2.96 bits per heavy atom. The van der Waals surface area contributed by atoms with E-state index in [4.69, 9.17) is 21.1 Å². The summed E-state index contributed by atoms with van der Waals surface area (Å²) >= 11 is 5.94. The first-order valence-corrected chi connectivity index (χ1v) is 8.80. The van der Waals surface area contributed by atoms with E-state index in [0.717, 1.165) is 36.6 Å². The van der Waals surface area contributed by atoms with Crippen LogP contribution in [0.5, 0.6) is 0 Å². The van der Waals surface area contributed by atoms with Crippen LogP contribution < -0.4 is 16.2 Å². The van der Waals surface area contributed by atoms with Crippen molar-refractivity contribution in [1.29, 1.82) is 0 Å². The second-order valence-corrected chi connectivity index (χ2v) is 6.71. The van der Waals surface area contributed by atoms with E-state index in [2.05, 4.69) is 16.2 Å². The molecule has 2 aliphatic rings. The lowest BCUT2D eigenvalue weighted by molar-refractivity contribution is -0.127. The first-order valence-electron chi connectivity index (χ1n) is 8.42. The summed E-state index contributed by atoms with van der Waals surface area (Å²) in [4.78, 5) is 11.9. The molecule has 1 amide bonds. The van der Waals surface area contributed by atoms with Gasteiger partial charge in [0.1, 0.15) is 6.61 Å². The summed E-state index contributed by atoms with van der Waals surface area (Å²) in [6.07, 6.45) is 2.24. The Morgan fingerprint density at radius 2 is 2.21 bits per heavy atom. The molecule has 2 fully saturated rings. The van der Waals surface area contributed by atoms with Crippen LogP contribution in [0.3, 0.4) is 0 Å². The summed E-state index contributed by atoms with van der Waals surface area (Å²) in [7, 11) is 0. The van der Waals surface area contributed by atoms with E-state index in [0.29, 0.717) is 13.2 Å². The molecule has 0 saturated carbocycles. The molecule has 0 aromatic heterocycles. The third kappa shape index (κ3) is 4.91. The zero-order valence-electron chi connectivity index (χ0n) is 13.6. The molecule has 0 bridgehead atoms. The van der Waals surface area contributed by atoms with Gasteiger partial charge in [-0.25, -0.2) is 5.43 Å². The zero-order chi connectivity index (χ0) is 16.8. The van der Waals surface area contributed by atoms with Gasteiger partial charge in [-0.3, -0.25) is 10.2 Å². The first kappa shape index (κ1) is 17.6. The Morgan fingerprint density at radius 1 is 1.38 bits per heavy atom. The minimum Gasteiger partial charge on any atom is -0.376 e. The Balaban J connectivity index is 1.39. The molecule has 3 atom stereocenters. The van der Waals surface area contributed by atoms with Crippen LogP contribution in [0.1, 0.15) is 24.4 Å². The lowest BCUT2D eigenvalue weighted by Gasteiger charge is -2.19. The standard InChI is InChI=1S/C17H24ClN3O3/c18-14-5-3-12(4-6-14)17-13(9-20-21-17)8-19-16(22)11-23-10-15-2-1-7-24-15/h3-6,13,15,17,20-21H,1-2,7-11H2,(H,19,22). The van der Waals surface area contributed by atoms with Crippen molar-refractivity contribution in [2.75, 3.05) is 32.9 Å². The number of carbonyl (C=O) groups is 1. The summed E-state index contributed by atoms with van der Waals surface area (Å²) in [5.41, 5.74) is 7.56. The number of nitrogens with one attached hydrogen (secondary N) is 3. The van der Waals surface area contributed by atoms with Gasteiger partial charge in [-0.2, -0.15) is 0 Å². The van der Waals surface area contributed by atoms with Gasteiger partial charge in [0.2, 0.25) is 5.91 Å². The molecule has 132 valence electrons. The van der Waals surface area contributed by atoms with Crippen molar-refractivity contribution in [2.45, 2.75) is 25.0 Å². The van der Waals surface area contributed by atoms with Gasteiger partial charge in [0.25, 0.3) is 0 Å². The van der Waals surface area contributed by atoms with Crippen LogP contribution in [-0.2, 0) is 14.3 Å². The van der Waals surface area contributed by atoms with E-state index in [1.54, 1.807) is 0 Å². The smallest absolute Gasteiger partial charge is 0.246 e. The summed E-state index contributed by atoms with van der Waals surface area (Å²) in [6.45, 7) is 2.76. The molecule has 1 aromatic carbocycles. The number of hydrogen-bond acceptors (Lipinski definition) is 5. The Hall–Kier alpha value is -1.18. The molecule has 2 saturated heterocycles. The Kier molecular flexibility index (Phi) is 6.45. The van der Waals surface area contributed by atoms with Gasteiger partial charge in [-0.15, -0.1) is 0 Å². The van der Waals surface area contributed by atoms with Crippen LogP contribution in [0, 0.1) is 5.92 Å². The van der Waals surface area contributed by atoms with Crippen molar-refractivity contribution < 1.29 is 14.3 Å². The average molecular weight is 354 g/mol. The number of rotatable bonds is 7. The maximum absolute atomic E-state index is 11.9. The predicted molar refractivity (Wildman–Crippen MR) is 91.6 cm³/mol. The Bertz CT molecular complexity index is 534. The number of hydrogen-bond donors (Lipinski definition) is 3. The fraction of sp³-hybridized carbons (Fsp3) is 0.588. The molecule has 2 heterocycles. The van der Waals surface area contributed by atoms with Crippen LogP contribution >= 0.6 is 11.6 Å². The molecular formula is C17H24ClN3O3. The molecule has 24 heavy (non-hydrogen) atoms. The van der Waals surface area contributed by atoms with Crippen LogP contribution in [0.15, 0.2) is 24.3 Å². The molecule has 3 unspecified atom stereocenters. The molecule has 7 heteroatoms. The molecule has 0 radical (unpaired) electrons. The maximum atomic E-state index is 11.9. The van der Waals surface area contributed by atoms with Crippen LogP contribution in [-0.4, -0.2) is 44.9 Å². The van der Waals surface area contributed by atoms with Crippen molar-refractivity contribution >= 4 is 17.5 Å². The lowest BCUT2D eigenvalue weighted by Crippen LogP contribution is -2.35. The number of amides is 1. The van der Waals surface area contributed by atoms with Crippen LogP contribution in [0.25, 0.3) is 0 Å². The van der Waals surface area contributed by atoms with Gasteiger partial charge < -0.3 is 14.8 Å². The maximum Gasteiger partial charge on any atom is 0.246 e. The monoisotopic (exact) mass is 353 g/mol. The van der Waals surface area contributed by atoms with Gasteiger partial charge in [0.15, 0.2) is 0 Å². The highest BCUT2D eigenvalue weighted by Crippen LogP contribution is 2.25. The van der Waals surface area contributed by atoms with E-state index >= 15 is 0 Å². The summed E-state index contributed by atoms with van der Waals surface area (Å²) < 4.78 is 10.9. The number of hydrazine groups is 1. The van der Waals surface area contributed by atoms with Gasteiger partial charge >= 0.3 is 0 Å². The van der Waals surface area contributed by atoms with E-state index in [9.17, 15) is 4.79 Å². The summed E-state index contributed by atoms with van der Waals surface area (Å²) in [6, 6.07) is 7.92. The first-order chi connectivity index (χ1) is 11.7. The molecule has 1 aromatic rings. The zero-order valence-corrected chi connectivity index (χ0v) is 14.3. The predicted octanol–water partition coefficient (Wildman–Crippen LogP) is 1.42. The molecule has 3 rings (SSSR count). The number of ether oxygens (including phenoxy) is 2. The molecule has 2 aliphatic heterocycles. The van der Waals surface area contributed by atoms with Crippen molar-refractivity contribution in [3.05, 3.63) is 34.9 Å². The van der Waals surface area contributed by atoms with Gasteiger partial charge in [-0.05, 0) is 30.5 Å². The molecule has 3 N–H and O–H groups in total. The largest absolute Gasteiger partial charge is 0.376 e.